The van der Waals surface area contributed by atoms with Gasteiger partial charge in [-0.15, -0.1) is 0 Å². The van der Waals surface area contributed by atoms with E-state index in [1.54, 1.807) is 26.8 Å². The van der Waals surface area contributed by atoms with Crippen molar-refractivity contribution in [2.45, 2.75) is 83.0 Å². The lowest BCUT2D eigenvalue weighted by atomic mass is 9.83. The predicted octanol–water partition coefficient (Wildman–Crippen LogP) is 5.23. The van der Waals surface area contributed by atoms with E-state index in [9.17, 15) is 14.7 Å². The van der Waals surface area contributed by atoms with Gasteiger partial charge in [0.25, 0.3) is 0 Å². The van der Waals surface area contributed by atoms with Crippen molar-refractivity contribution in [3.63, 3.8) is 0 Å². The minimum atomic E-state index is -1.05. The SMILES string of the molecule is CC(C)(C)OC(=O)N1C[C@@H](Oc2ccc(Cl)cc2C2CCCCC2)C[C@H]1C(=O)O. The molecule has 1 heterocycles. The average molecular weight is 424 g/mol. The molecular weight excluding hydrogens is 394 g/mol. The van der Waals surface area contributed by atoms with Crippen LogP contribution >= 0.6 is 11.6 Å². The van der Waals surface area contributed by atoms with Gasteiger partial charge in [0, 0.05) is 11.4 Å². The summed E-state index contributed by atoms with van der Waals surface area (Å²) >= 11 is 6.24. The Bertz CT molecular complexity index is 754. The van der Waals surface area contributed by atoms with E-state index in [2.05, 4.69) is 0 Å². The van der Waals surface area contributed by atoms with Crippen molar-refractivity contribution in [3.8, 4) is 5.75 Å². The fourth-order valence-corrected chi connectivity index (χ4v) is 4.36. The van der Waals surface area contributed by atoms with Gasteiger partial charge < -0.3 is 14.6 Å². The molecule has 1 saturated heterocycles. The summed E-state index contributed by atoms with van der Waals surface area (Å²) in [5.74, 6) is 0.0862. The van der Waals surface area contributed by atoms with Gasteiger partial charge in [0.05, 0.1) is 6.54 Å². The number of carboxylic acid groups (broad SMARTS) is 1. The maximum absolute atomic E-state index is 12.5. The number of hydrogen-bond acceptors (Lipinski definition) is 4. The molecule has 6 nitrogen and oxygen atoms in total. The normalized spacial score (nSPS) is 23.1. The van der Waals surface area contributed by atoms with Gasteiger partial charge in [-0.2, -0.15) is 0 Å². The summed E-state index contributed by atoms with van der Waals surface area (Å²) in [5, 5.41) is 10.3. The molecule has 0 bridgehead atoms. The van der Waals surface area contributed by atoms with Gasteiger partial charge in [0.15, 0.2) is 0 Å². The molecule has 0 aromatic heterocycles. The van der Waals surface area contributed by atoms with Crippen molar-refractivity contribution in [1.82, 2.24) is 4.90 Å². The third-order valence-electron chi connectivity index (χ3n) is 5.49. The number of benzene rings is 1. The summed E-state index contributed by atoms with van der Waals surface area (Å²) in [6, 6.07) is 4.65. The number of amides is 1. The summed E-state index contributed by atoms with van der Waals surface area (Å²) in [6.45, 7) is 5.46. The van der Waals surface area contributed by atoms with Crippen molar-refractivity contribution in [3.05, 3.63) is 28.8 Å². The average Bonchev–Trinajstić information content (AvgIpc) is 3.07. The fraction of sp³-hybridized carbons (Fsp3) is 0.636. The third kappa shape index (κ3) is 5.56. The Morgan fingerprint density at radius 1 is 1.17 bits per heavy atom. The molecule has 160 valence electrons. The number of ether oxygens (including phenoxy) is 2. The topological polar surface area (TPSA) is 76.1 Å². The monoisotopic (exact) mass is 423 g/mol. The van der Waals surface area contributed by atoms with Crippen LogP contribution in [-0.2, 0) is 9.53 Å². The smallest absolute Gasteiger partial charge is 0.411 e. The summed E-state index contributed by atoms with van der Waals surface area (Å²) in [7, 11) is 0. The molecule has 1 aliphatic carbocycles. The number of carbonyl (C=O) groups is 2. The largest absolute Gasteiger partial charge is 0.488 e. The number of aliphatic carboxylic acids is 1. The Balaban J connectivity index is 1.76. The van der Waals surface area contributed by atoms with Crippen molar-refractivity contribution < 1.29 is 24.2 Å². The van der Waals surface area contributed by atoms with Crippen molar-refractivity contribution in [2.24, 2.45) is 0 Å². The van der Waals surface area contributed by atoms with E-state index in [1.807, 2.05) is 12.1 Å². The minimum Gasteiger partial charge on any atom is -0.488 e. The molecule has 2 aliphatic rings. The standard InChI is InChI=1S/C22H30ClNO5/c1-22(2,3)29-21(27)24-13-16(12-18(24)20(25)26)28-19-10-9-15(23)11-17(19)14-7-5-4-6-8-14/h9-11,14,16,18H,4-8,12-13H2,1-3H3,(H,25,26)/t16-,18-/m0/s1. The number of hydrogen-bond donors (Lipinski definition) is 1. The van der Waals surface area contributed by atoms with Crippen molar-refractivity contribution >= 4 is 23.7 Å². The number of rotatable bonds is 4. The molecule has 1 N–H and O–H groups in total. The molecule has 1 saturated carbocycles. The zero-order valence-corrected chi connectivity index (χ0v) is 18.1. The van der Waals surface area contributed by atoms with E-state index < -0.39 is 29.8 Å². The van der Waals surface area contributed by atoms with Gasteiger partial charge in [0.2, 0.25) is 0 Å². The van der Waals surface area contributed by atoms with E-state index in [-0.39, 0.29) is 13.0 Å². The van der Waals surface area contributed by atoms with Crippen LogP contribution in [0.4, 0.5) is 4.79 Å². The molecule has 1 amide bonds. The predicted molar refractivity (Wildman–Crippen MR) is 111 cm³/mol. The quantitative estimate of drug-likeness (QED) is 0.717. The van der Waals surface area contributed by atoms with E-state index >= 15 is 0 Å². The van der Waals surface area contributed by atoms with Crippen LogP contribution in [0.15, 0.2) is 18.2 Å². The molecule has 29 heavy (non-hydrogen) atoms. The maximum atomic E-state index is 12.5. The number of halogens is 1. The lowest BCUT2D eigenvalue weighted by molar-refractivity contribution is -0.142. The maximum Gasteiger partial charge on any atom is 0.411 e. The second-order valence-corrected chi connectivity index (χ2v) is 9.42. The van der Waals surface area contributed by atoms with Crippen LogP contribution in [0.25, 0.3) is 0 Å². The molecule has 1 aromatic carbocycles. The Kier molecular flexibility index (Phi) is 6.62. The van der Waals surface area contributed by atoms with Gasteiger partial charge in [-0.3, -0.25) is 4.90 Å². The van der Waals surface area contributed by atoms with Crippen molar-refractivity contribution in [1.29, 1.82) is 0 Å². The summed E-state index contributed by atoms with van der Waals surface area (Å²) < 4.78 is 11.6. The van der Waals surface area contributed by atoms with E-state index in [1.165, 1.54) is 24.2 Å². The Morgan fingerprint density at radius 3 is 2.48 bits per heavy atom. The number of carboxylic acids is 1. The Hall–Kier alpha value is -1.95. The van der Waals surface area contributed by atoms with Crippen LogP contribution in [-0.4, -0.2) is 46.4 Å². The molecular formula is C22H30ClNO5. The van der Waals surface area contributed by atoms with Crippen molar-refractivity contribution in [2.75, 3.05) is 6.54 Å². The van der Waals surface area contributed by atoms with Crippen LogP contribution in [0.5, 0.6) is 5.75 Å². The Morgan fingerprint density at radius 2 is 1.86 bits per heavy atom. The van der Waals surface area contributed by atoms with Crippen LogP contribution in [0, 0.1) is 0 Å². The molecule has 1 aliphatic heterocycles. The van der Waals surface area contributed by atoms with Gasteiger partial charge in [-0.1, -0.05) is 30.9 Å². The molecule has 7 heteroatoms. The molecule has 0 spiro atoms. The highest BCUT2D eigenvalue weighted by Gasteiger charge is 2.43. The van der Waals surface area contributed by atoms with Crippen LogP contribution < -0.4 is 4.74 Å². The zero-order valence-electron chi connectivity index (χ0n) is 17.3. The second kappa shape index (κ2) is 8.82. The molecule has 0 radical (unpaired) electrons. The first kappa shape index (κ1) is 21.8. The summed E-state index contributed by atoms with van der Waals surface area (Å²) in [5.41, 5.74) is 0.392. The van der Waals surface area contributed by atoms with Crippen LogP contribution in [0.3, 0.4) is 0 Å². The van der Waals surface area contributed by atoms with Crippen LogP contribution in [0.2, 0.25) is 5.02 Å². The van der Waals surface area contributed by atoms with E-state index in [4.69, 9.17) is 21.1 Å². The summed E-state index contributed by atoms with van der Waals surface area (Å²) in [4.78, 5) is 25.5. The highest BCUT2D eigenvalue weighted by Crippen LogP contribution is 2.39. The third-order valence-corrected chi connectivity index (χ3v) is 5.72. The zero-order chi connectivity index (χ0) is 21.2. The second-order valence-electron chi connectivity index (χ2n) is 8.98. The number of likely N-dealkylation sites (tertiary alicyclic amines) is 1. The lowest BCUT2D eigenvalue weighted by Gasteiger charge is -2.27. The van der Waals surface area contributed by atoms with E-state index in [0.717, 1.165) is 24.2 Å². The Labute approximate surface area is 177 Å². The van der Waals surface area contributed by atoms with Gasteiger partial charge in [-0.25, -0.2) is 9.59 Å². The lowest BCUT2D eigenvalue weighted by Crippen LogP contribution is -2.43. The minimum absolute atomic E-state index is 0.179. The van der Waals surface area contributed by atoms with E-state index in [0.29, 0.717) is 10.9 Å². The highest BCUT2D eigenvalue weighted by atomic mass is 35.5. The molecule has 3 rings (SSSR count). The molecule has 2 atom stereocenters. The first-order valence-electron chi connectivity index (χ1n) is 10.3. The van der Waals surface area contributed by atoms with Crippen LogP contribution in [0.1, 0.15) is 70.8 Å². The first-order valence-corrected chi connectivity index (χ1v) is 10.7. The van der Waals surface area contributed by atoms with Gasteiger partial charge >= 0.3 is 12.1 Å². The number of carbonyl (C=O) groups excluding carboxylic acids is 1. The van der Waals surface area contributed by atoms with Gasteiger partial charge in [-0.05, 0) is 63.3 Å². The fourth-order valence-electron chi connectivity index (χ4n) is 4.18. The van der Waals surface area contributed by atoms with Gasteiger partial charge in [0.1, 0.15) is 23.5 Å². The summed E-state index contributed by atoms with van der Waals surface area (Å²) in [6.07, 6.45) is 5.02. The first-order chi connectivity index (χ1) is 13.6. The highest BCUT2D eigenvalue weighted by molar-refractivity contribution is 6.30. The molecule has 2 fully saturated rings. The number of nitrogens with zero attached hydrogens (tertiary/aromatic N) is 1. The molecule has 1 aromatic rings. The molecule has 0 unspecified atom stereocenters.